The first kappa shape index (κ1) is 41.8. The molecule has 0 amide bonds. The van der Waals surface area contributed by atoms with Crippen molar-refractivity contribution in [1.29, 1.82) is 0 Å². The van der Waals surface area contributed by atoms with Crippen LogP contribution in [0, 0.1) is 3.80 Å². The third-order valence-electron chi connectivity index (χ3n) is 14.4. The fourth-order valence-corrected chi connectivity index (χ4v) is 12.2. The molecule has 0 aliphatic heterocycles. The van der Waals surface area contributed by atoms with Gasteiger partial charge in [-0.1, -0.05) is 46.1 Å². The number of aromatic nitrogens is 4. The number of imidazole rings is 1. The third kappa shape index (κ3) is 7.43. The van der Waals surface area contributed by atoms with Crippen LogP contribution in [0.2, 0.25) is 0 Å². The number of para-hydroxylation sites is 2. The molecule has 2 aliphatic rings. The number of pyridine rings is 1. The van der Waals surface area contributed by atoms with Crippen molar-refractivity contribution in [2.24, 2.45) is 0 Å². The summed E-state index contributed by atoms with van der Waals surface area (Å²) in [5, 5.41) is 2.48. The Labute approximate surface area is 403 Å². The Balaban J connectivity index is 0.997. The molecule has 7 aromatic carbocycles. The summed E-state index contributed by atoms with van der Waals surface area (Å²) in [5.41, 5.74) is 17.5. The van der Waals surface area contributed by atoms with Crippen LogP contribution in [0.1, 0.15) is 87.5 Å². The molecule has 0 unspecified atom stereocenters. The fraction of sp³-hybridized carbons (Fsp3) is 0.213. The molecule has 334 valence electrons. The van der Waals surface area contributed by atoms with Crippen LogP contribution in [0.3, 0.4) is 0 Å². The number of fused-ring (bicyclic) bond motifs is 5. The van der Waals surface area contributed by atoms with Gasteiger partial charge in [-0.3, -0.25) is 0 Å². The van der Waals surface area contributed by atoms with Crippen molar-refractivity contribution in [2.75, 3.05) is 0 Å². The number of ether oxygens (including phenoxy) is 1. The molecule has 6 heteroatoms. The van der Waals surface area contributed by atoms with Gasteiger partial charge in [-0.05, 0) is 41.4 Å². The molecule has 67 heavy (non-hydrogen) atoms. The Kier molecular flexibility index (Phi) is 10.6. The maximum absolute atomic E-state index is 6.92. The van der Waals surface area contributed by atoms with Crippen LogP contribution in [0.25, 0.3) is 72.3 Å². The molecular weight excluding hydrogens is 1000 g/mol. The predicted octanol–water partition coefficient (Wildman–Crippen LogP) is 16.0. The van der Waals surface area contributed by atoms with Crippen LogP contribution < -0.4 is 4.74 Å². The van der Waals surface area contributed by atoms with E-state index in [4.69, 9.17) is 9.72 Å². The molecule has 0 spiro atoms. The number of rotatable bonds is 8. The molecule has 3 aromatic heterocycles. The van der Waals surface area contributed by atoms with Gasteiger partial charge in [0, 0.05) is 6.20 Å². The van der Waals surface area contributed by atoms with Crippen molar-refractivity contribution < 1.29 is 24.1 Å². The van der Waals surface area contributed by atoms with Crippen molar-refractivity contribution in [3.63, 3.8) is 0 Å². The van der Waals surface area contributed by atoms with Gasteiger partial charge < -0.3 is 0 Å². The average molecular weight is 1050 g/mol. The summed E-state index contributed by atoms with van der Waals surface area (Å²) in [6.07, 6.45) is 11.8. The second-order valence-corrected chi connectivity index (χ2v) is 20.7. The van der Waals surface area contributed by atoms with E-state index in [1.165, 1.54) is 105 Å². The van der Waals surface area contributed by atoms with Crippen molar-refractivity contribution in [3.05, 3.63) is 196 Å². The van der Waals surface area contributed by atoms with Crippen LogP contribution in [0.4, 0.5) is 0 Å². The SMILES string of the molecule is CC(C)(C)c1ccnc(-n2c3ccc(C4CCCCC4)cc3c3ccc(Oc4cccc(-n5[c](=[Pt])n(-c6c(-c7ccccc7)cc7c(c6-c6ccccc6)CCC7)c6ccccc65)c4)cc32)c1. The van der Waals surface area contributed by atoms with Gasteiger partial charge in [-0.2, -0.15) is 0 Å². The molecule has 1 saturated carbocycles. The van der Waals surface area contributed by atoms with E-state index >= 15 is 0 Å². The fourth-order valence-electron chi connectivity index (χ4n) is 11.1. The second-order valence-electron chi connectivity index (χ2n) is 19.6. The molecule has 2 aliphatic carbocycles. The molecule has 0 N–H and O–H groups in total. The second kappa shape index (κ2) is 17.0. The quantitative estimate of drug-likeness (QED) is 0.152. The number of benzene rings is 7. The Morgan fingerprint density at radius 1 is 0.567 bits per heavy atom. The van der Waals surface area contributed by atoms with E-state index in [0.717, 1.165) is 56.2 Å². The van der Waals surface area contributed by atoms with Gasteiger partial charge in [0.05, 0.1) is 0 Å². The van der Waals surface area contributed by atoms with Gasteiger partial charge >= 0.3 is 312 Å². The van der Waals surface area contributed by atoms with E-state index in [2.05, 4.69) is 218 Å². The Hall–Kier alpha value is -6.55. The molecule has 0 atom stereocenters. The van der Waals surface area contributed by atoms with Crippen LogP contribution in [-0.2, 0) is 37.6 Å². The molecule has 3 heterocycles. The van der Waals surface area contributed by atoms with E-state index in [-0.39, 0.29) is 5.41 Å². The van der Waals surface area contributed by atoms with Gasteiger partial charge in [0.15, 0.2) is 0 Å². The monoisotopic (exact) mass is 1050 g/mol. The third-order valence-corrected chi connectivity index (χ3v) is 15.5. The number of hydrogen-bond donors (Lipinski definition) is 0. The Morgan fingerprint density at radius 3 is 2.07 bits per heavy atom. The molecule has 12 rings (SSSR count). The topological polar surface area (TPSA) is 36.9 Å². The van der Waals surface area contributed by atoms with E-state index in [1.807, 2.05) is 6.20 Å². The molecule has 10 aromatic rings. The zero-order valence-corrected chi connectivity index (χ0v) is 40.7. The molecule has 5 nitrogen and oxygen atoms in total. The first-order chi connectivity index (χ1) is 32.8. The van der Waals surface area contributed by atoms with Crippen LogP contribution in [0.15, 0.2) is 170 Å². The van der Waals surface area contributed by atoms with Gasteiger partial charge in [-0.25, -0.2) is 0 Å². The standard InChI is InChI=1S/C61H54N4O.Pt/c1-61(2,3)46-33-34-62-58(37-46)65-54-32-29-44(41-17-7-4-8-18-41)35-53(54)51-31-30-49(39-57(51)65)66-48-25-16-24-47(38-48)63-40-64(56-28-14-13-27-55(56)63)60-52(42-19-9-5-10-20-42)36-45-23-15-26-50(45)59(60)43-21-11-6-12-22-43;/h5-6,9-14,16,19-22,24-25,27-39,41H,4,7-8,15,17-18,23,26H2,1-3H3;. The number of aryl methyl sites for hydroxylation is 1. The normalized spacial score (nSPS) is 14.3. The summed E-state index contributed by atoms with van der Waals surface area (Å²) in [5.74, 6) is 3.11. The van der Waals surface area contributed by atoms with Crippen LogP contribution >= 0.6 is 0 Å². The van der Waals surface area contributed by atoms with Crippen LogP contribution in [0.5, 0.6) is 11.5 Å². The summed E-state index contributed by atoms with van der Waals surface area (Å²) in [4.78, 5) is 5.00. The zero-order valence-electron chi connectivity index (χ0n) is 38.4. The van der Waals surface area contributed by atoms with Gasteiger partial charge in [0.2, 0.25) is 0 Å². The predicted molar refractivity (Wildman–Crippen MR) is 272 cm³/mol. The van der Waals surface area contributed by atoms with Crippen molar-refractivity contribution in [2.45, 2.75) is 83.5 Å². The minimum atomic E-state index is -0.0124. The first-order valence-electron chi connectivity index (χ1n) is 24.1. The number of nitrogens with zero attached hydrogens (tertiary/aromatic N) is 4. The summed E-state index contributed by atoms with van der Waals surface area (Å²) in [6, 6.07) is 60.0. The Morgan fingerprint density at radius 2 is 1.30 bits per heavy atom. The van der Waals surface area contributed by atoms with Gasteiger partial charge in [0.25, 0.3) is 0 Å². The number of hydrogen-bond acceptors (Lipinski definition) is 2. The summed E-state index contributed by atoms with van der Waals surface area (Å²) < 4.78 is 15.2. The summed E-state index contributed by atoms with van der Waals surface area (Å²) in [7, 11) is 0. The molecule has 1 fully saturated rings. The van der Waals surface area contributed by atoms with Gasteiger partial charge in [0.1, 0.15) is 0 Å². The zero-order chi connectivity index (χ0) is 45.2. The van der Waals surface area contributed by atoms with Crippen molar-refractivity contribution in [3.8, 4) is 50.9 Å². The van der Waals surface area contributed by atoms with E-state index in [9.17, 15) is 0 Å². The molecule has 0 saturated heterocycles. The molecule has 0 radical (unpaired) electrons. The van der Waals surface area contributed by atoms with E-state index < -0.39 is 0 Å². The Bertz CT molecular complexity index is 3570. The summed E-state index contributed by atoms with van der Waals surface area (Å²) in [6.45, 7) is 6.80. The molecule has 0 bridgehead atoms. The maximum atomic E-state index is 6.92. The average Bonchev–Trinajstić information content (AvgIpc) is 4.05. The van der Waals surface area contributed by atoms with Crippen molar-refractivity contribution >= 4 is 32.8 Å². The van der Waals surface area contributed by atoms with Crippen molar-refractivity contribution in [1.82, 2.24) is 18.7 Å². The van der Waals surface area contributed by atoms with E-state index in [1.54, 1.807) is 0 Å². The van der Waals surface area contributed by atoms with Crippen LogP contribution in [-0.4, -0.2) is 18.7 Å². The minimum absolute atomic E-state index is 0.0124. The van der Waals surface area contributed by atoms with E-state index in [0.29, 0.717) is 5.92 Å². The molecular formula is C61H54N4OPt. The summed E-state index contributed by atoms with van der Waals surface area (Å²) >= 11 is 2.56. The first-order valence-corrected chi connectivity index (χ1v) is 25.2. The van der Waals surface area contributed by atoms with Gasteiger partial charge in [-0.15, -0.1) is 0 Å².